The maximum Gasteiger partial charge on any atom is 0.213 e. The number of aryl methyl sites for hydroxylation is 1. The summed E-state index contributed by atoms with van der Waals surface area (Å²) in [6.45, 7) is 2.65. The summed E-state index contributed by atoms with van der Waals surface area (Å²) >= 11 is 3.63. The molecule has 0 aromatic heterocycles. The normalized spacial score (nSPS) is 18.3. The van der Waals surface area contributed by atoms with E-state index in [-0.39, 0.29) is 12.3 Å². The Labute approximate surface area is 214 Å². The maximum absolute atomic E-state index is 6.52. The number of benzene rings is 4. The molecule has 6 rings (SSSR count). The van der Waals surface area contributed by atoms with Crippen LogP contribution in [-0.2, 0) is 6.61 Å². The lowest BCUT2D eigenvalue weighted by Gasteiger charge is -2.38. The molecule has 0 saturated heterocycles. The van der Waals surface area contributed by atoms with Crippen LogP contribution in [-0.4, -0.2) is 10.7 Å². The Kier molecular flexibility index (Phi) is 5.78. The van der Waals surface area contributed by atoms with Crippen molar-refractivity contribution in [3.8, 4) is 11.5 Å². The molecule has 2 atom stereocenters. The van der Waals surface area contributed by atoms with Gasteiger partial charge in [-0.1, -0.05) is 76.1 Å². The molecular formula is C30H25BrN2O2. The molecule has 0 radical (unpaired) electrons. The number of fused-ring (bicyclic) bond motifs is 3. The predicted molar refractivity (Wildman–Crippen MR) is 142 cm³/mol. The van der Waals surface area contributed by atoms with Crippen LogP contribution in [0.15, 0.2) is 107 Å². The molecule has 0 fully saturated rings. The fourth-order valence-corrected chi connectivity index (χ4v) is 5.05. The molecule has 0 spiro atoms. The minimum atomic E-state index is -0.306. The van der Waals surface area contributed by atoms with Crippen molar-refractivity contribution in [1.29, 1.82) is 0 Å². The van der Waals surface area contributed by atoms with Crippen LogP contribution in [0.2, 0.25) is 0 Å². The summed E-state index contributed by atoms with van der Waals surface area (Å²) in [5.74, 6) is 1.74. The number of hydrogen-bond donors (Lipinski definition) is 0. The molecule has 2 aliphatic heterocycles. The van der Waals surface area contributed by atoms with Crippen LogP contribution >= 0.6 is 15.9 Å². The molecule has 35 heavy (non-hydrogen) atoms. The van der Waals surface area contributed by atoms with Gasteiger partial charge in [-0.3, -0.25) is 0 Å². The average Bonchev–Trinajstić information content (AvgIpc) is 3.34. The van der Waals surface area contributed by atoms with Crippen LogP contribution in [0.25, 0.3) is 0 Å². The van der Waals surface area contributed by atoms with Gasteiger partial charge in [0.1, 0.15) is 18.1 Å². The molecule has 2 heterocycles. The van der Waals surface area contributed by atoms with Crippen molar-refractivity contribution in [2.75, 3.05) is 0 Å². The molecule has 4 aromatic rings. The van der Waals surface area contributed by atoms with Gasteiger partial charge in [0, 0.05) is 22.0 Å². The highest BCUT2D eigenvalue weighted by atomic mass is 79.9. The second kappa shape index (κ2) is 9.23. The number of hydrazone groups is 1. The van der Waals surface area contributed by atoms with Gasteiger partial charge in [-0.05, 0) is 60.5 Å². The zero-order valence-electron chi connectivity index (χ0n) is 19.4. The number of hydrogen-bond acceptors (Lipinski definition) is 4. The maximum atomic E-state index is 6.52. The van der Waals surface area contributed by atoms with Crippen molar-refractivity contribution in [1.82, 2.24) is 5.01 Å². The van der Waals surface area contributed by atoms with E-state index in [0.717, 1.165) is 50.4 Å². The van der Waals surface area contributed by atoms with Crippen molar-refractivity contribution in [3.63, 3.8) is 0 Å². The lowest BCUT2D eigenvalue weighted by Crippen LogP contribution is -2.33. The molecule has 4 nitrogen and oxygen atoms in total. The fraction of sp³-hybridized carbons (Fsp3) is 0.167. The Hall–Kier alpha value is -3.57. The number of halogens is 1. The first-order chi connectivity index (χ1) is 17.1. The third-order valence-corrected chi connectivity index (χ3v) is 7.04. The van der Waals surface area contributed by atoms with Gasteiger partial charge in [-0.25, -0.2) is 5.01 Å². The van der Waals surface area contributed by atoms with Gasteiger partial charge in [0.2, 0.25) is 6.23 Å². The first-order valence-corrected chi connectivity index (χ1v) is 12.6. The quantitative estimate of drug-likeness (QED) is 0.269. The second-order valence-electron chi connectivity index (χ2n) is 9.01. The number of rotatable bonds is 5. The van der Waals surface area contributed by atoms with Gasteiger partial charge in [0.25, 0.3) is 0 Å². The van der Waals surface area contributed by atoms with E-state index in [1.807, 2.05) is 42.5 Å². The summed E-state index contributed by atoms with van der Waals surface area (Å²) in [4.78, 5) is 0. The van der Waals surface area contributed by atoms with Gasteiger partial charge in [0.15, 0.2) is 0 Å². The lowest BCUT2D eigenvalue weighted by atomic mass is 9.95. The SMILES string of the molecule is Cc1ccc(C2=NN3[C@@H](C2)c2cc(Br)ccc2O[C@H]3c2ccc(OCc3ccccc3)cc2)cc1. The molecule has 2 aliphatic rings. The van der Waals surface area contributed by atoms with Crippen molar-refractivity contribution in [3.05, 3.63) is 129 Å². The van der Waals surface area contributed by atoms with E-state index < -0.39 is 0 Å². The third kappa shape index (κ3) is 4.44. The zero-order valence-corrected chi connectivity index (χ0v) is 21.0. The average molecular weight is 525 g/mol. The highest BCUT2D eigenvalue weighted by Gasteiger charge is 2.41. The zero-order chi connectivity index (χ0) is 23.8. The molecule has 0 unspecified atom stereocenters. The van der Waals surface area contributed by atoms with Crippen LogP contribution in [0.3, 0.4) is 0 Å². The Balaban J connectivity index is 1.29. The van der Waals surface area contributed by atoms with Crippen molar-refractivity contribution >= 4 is 21.6 Å². The molecule has 5 heteroatoms. The van der Waals surface area contributed by atoms with Crippen molar-refractivity contribution in [2.45, 2.75) is 32.2 Å². The molecule has 174 valence electrons. The molecule has 0 amide bonds. The number of nitrogens with zero attached hydrogens (tertiary/aromatic N) is 2. The van der Waals surface area contributed by atoms with Crippen molar-refractivity contribution in [2.24, 2.45) is 5.10 Å². The molecule has 4 aromatic carbocycles. The lowest BCUT2D eigenvalue weighted by molar-refractivity contribution is -0.0191. The van der Waals surface area contributed by atoms with Gasteiger partial charge < -0.3 is 9.47 Å². The summed E-state index contributed by atoms with van der Waals surface area (Å²) in [7, 11) is 0. The smallest absolute Gasteiger partial charge is 0.213 e. The van der Waals surface area contributed by atoms with Gasteiger partial charge in [0.05, 0.1) is 11.8 Å². The summed E-state index contributed by atoms with van der Waals surface area (Å²) in [5, 5.41) is 7.19. The van der Waals surface area contributed by atoms with Crippen LogP contribution in [0.1, 0.15) is 46.5 Å². The Morgan fingerprint density at radius 2 is 1.71 bits per heavy atom. The van der Waals surface area contributed by atoms with E-state index in [1.165, 1.54) is 5.56 Å². The van der Waals surface area contributed by atoms with Gasteiger partial charge in [-0.2, -0.15) is 5.10 Å². The Morgan fingerprint density at radius 1 is 0.943 bits per heavy atom. The van der Waals surface area contributed by atoms with E-state index in [4.69, 9.17) is 14.6 Å². The predicted octanol–water partition coefficient (Wildman–Crippen LogP) is 7.58. The molecule has 0 bridgehead atoms. The molecule has 0 saturated carbocycles. The Bertz CT molecular complexity index is 1370. The van der Waals surface area contributed by atoms with Gasteiger partial charge >= 0.3 is 0 Å². The molecule has 0 N–H and O–H groups in total. The largest absolute Gasteiger partial charge is 0.489 e. The second-order valence-corrected chi connectivity index (χ2v) is 9.92. The van der Waals surface area contributed by atoms with Crippen molar-refractivity contribution < 1.29 is 9.47 Å². The Morgan fingerprint density at radius 3 is 2.49 bits per heavy atom. The van der Waals surface area contributed by atoms with Crippen LogP contribution in [0, 0.1) is 6.92 Å². The first-order valence-electron chi connectivity index (χ1n) is 11.8. The summed E-state index contributed by atoms with van der Waals surface area (Å²) in [6, 6.07) is 33.3. The third-order valence-electron chi connectivity index (χ3n) is 6.55. The monoisotopic (exact) mass is 524 g/mol. The standard InChI is InChI=1S/C30H25BrN2O2/c1-20-7-9-22(10-8-20)27-18-28-26-17-24(31)13-16-29(26)35-30(33(28)32-27)23-11-14-25(15-12-23)34-19-21-5-3-2-4-6-21/h2-17,28,30H,18-19H2,1H3/t28-,30-/m0/s1. The summed E-state index contributed by atoms with van der Waals surface area (Å²) in [6.07, 6.45) is 0.532. The van der Waals surface area contributed by atoms with E-state index in [9.17, 15) is 0 Å². The van der Waals surface area contributed by atoms with E-state index in [1.54, 1.807) is 0 Å². The van der Waals surface area contributed by atoms with E-state index in [2.05, 4.69) is 82.5 Å². The van der Waals surface area contributed by atoms with Crippen LogP contribution in [0.5, 0.6) is 11.5 Å². The van der Waals surface area contributed by atoms with Crippen LogP contribution in [0.4, 0.5) is 0 Å². The minimum absolute atomic E-state index is 0.117. The fourth-order valence-electron chi connectivity index (χ4n) is 4.67. The number of ether oxygens (including phenoxy) is 2. The topological polar surface area (TPSA) is 34.1 Å². The molecular weight excluding hydrogens is 500 g/mol. The van der Waals surface area contributed by atoms with Gasteiger partial charge in [-0.15, -0.1) is 0 Å². The van der Waals surface area contributed by atoms with E-state index in [0.29, 0.717) is 6.61 Å². The van der Waals surface area contributed by atoms with E-state index >= 15 is 0 Å². The minimum Gasteiger partial charge on any atom is -0.489 e. The highest BCUT2D eigenvalue weighted by Crippen LogP contribution is 2.48. The summed E-state index contributed by atoms with van der Waals surface area (Å²) < 4.78 is 13.5. The summed E-state index contributed by atoms with van der Waals surface area (Å²) in [5.41, 5.74) is 6.83. The highest BCUT2D eigenvalue weighted by molar-refractivity contribution is 9.10. The first kappa shape index (κ1) is 21.9. The van der Waals surface area contributed by atoms with Crippen LogP contribution < -0.4 is 9.47 Å². The molecule has 0 aliphatic carbocycles.